The SMILES string of the molecule is CN1C=C([S+]2CCCC2)C2CCCCC21. The summed E-state index contributed by atoms with van der Waals surface area (Å²) in [6.07, 6.45) is 11.4. The number of nitrogens with zero attached hydrogens (tertiary/aromatic N) is 1. The molecular formula is C13H22NS+. The highest BCUT2D eigenvalue weighted by atomic mass is 32.2. The van der Waals surface area contributed by atoms with Gasteiger partial charge in [0.15, 0.2) is 4.91 Å². The highest BCUT2D eigenvalue weighted by Crippen LogP contribution is 2.42. The van der Waals surface area contributed by atoms with Gasteiger partial charge in [0.05, 0.1) is 12.1 Å². The Balaban J connectivity index is 1.79. The van der Waals surface area contributed by atoms with E-state index in [2.05, 4.69) is 18.1 Å². The molecule has 0 spiro atoms. The molecule has 1 nitrogen and oxygen atoms in total. The molecule has 0 bridgehead atoms. The van der Waals surface area contributed by atoms with Crippen LogP contribution in [0.4, 0.5) is 0 Å². The van der Waals surface area contributed by atoms with Gasteiger partial charge in [-0.25, -0.2) is 0 Å². The van der Waals surface area contributed by atoms with E-state index in [1.807, 2.05) is 4.91 Å². The first-order valence-electron chi connectivity index (χ1n) is 6.47. The molecule has 2 fully saturated rings. The Hall–Kier alpha value is -0.110. The molecule has 84 valence electrons. The zero-order chi connectivity index (χ0) is 10.3. The van der Waals surface area contributed by atoms with Crippen molar-refractivity contribution in [1.29, 1.82) is 0 Å². The van der Waals surface area contributed by atoms with Gasteiger partial charge in [0, 0.05) is 24.0 Å². The lowest BCUT2D eigenvalue weighted by Gasteiger charge is -2.30. The van der Waals surface area contributed by atoms with Crippen molar-refractivity contribution in [2.45, 2.75) is 44.6 Å². The zero-order valence-corrected chi connectivity index (χ0v) is 10.6. The van der Waals surface area contributed by atoms with E-state index in [0.717, 1.165) is 12.0 Å². The third-order valence-electron chi connectivity index (χ3n) is 4.31. The predicted molar refractivity (Wildman–Crippen MR) is 67.9 cm³/mol. The summed E-state index contributed by atoms with van der Waals surface area (Å²) in [7, 11) is 2.98. The summed E-state index contributed by atoms with van der Waals surface area (Å²) in [6, 6.07) is 0.877. The second-order valence-electron chi connectivity index (χ2n) is 5.26. The van der Waals surface area contributed by atoms with Crippen LogP contribution >= 0.6 is 0 Å². The van der Waals surface area contributed by atoms with Crippen LogP contribution in [0.5, 0.6) is 0 Å². The minimum absolute atomic E-state index is 0.678. The Labute approximate surface area is 96.3 Å². The van der Waals surface area contributed by atoms with Crippen LogP contribution in [0.15, 0.2) is 11.1 Å². The number of fused-ring (bicyclic) bond motifs is 1. The molecule has 0 radical (unpaired) electrons. The summed E-state index contributed by atoms with van der Waals surface area (Å²) < 4.78 is 0. The lowest BCUT2D eigenvalue weighted by Crippen LogP contribution is -2.33. The summed E-state index contributed by atoms with van der Waals surface area (Å²) in [6.45, 7) is 0. The van der Waals surface area contributed by atoms with Crippen LogP contribution in [0.1, 0.15) is 38.5 Å². The number of hydrogen-bond donors (Lipinski definition) is 0. The van der Waals surface area contributed by atoms with E-state index in [0.29, 0.717) is 10.9 Å². The number of hydrogen-bond acceptors (Lipinski definition) is 1. The Morgan fingerprint density at radius 3 is 2.67 bits per heavy atom. The van der Waals surface area contributed by atoms with Gasteiger partial charge in [0.1, 0.15) is 11.5 Å². The van der Waals surface area contributed by atoms with E-state index >= 15 is 0 Å². The molecular weight excluding hydrogens is 202 g/mol. The van der Waals surface area contributed by atoms with Crippen molar-refractivity contribution in [2.75, 3.05) is 18.6 Å². The van der Waals surface area contributed by atoms with Crippen LogP contribution in [0.2, 0.25) is 0 Å². The largest absolute Gasteiger partial charge is 0.373 e. The molecule has 2 unspecified atom stereocenters. The van der Waals surface area contributed by atoms with Gasteiger partial charge < -0.3 is 4.90 Å². The van der Waals surface area contributed by atoms with E-state index in [9.17, 15) is 0 Å². The molecule has 3 rings (SSSR count). The quantitative estimate of drug-likeness (QED) is 0.619. The van der Waals surface area contributed by atoms with Crippen LogP contribution in [-0.2, 0) is 10.9 Å². The average Bonchev–Trinajstić information content (AvgIpc) is 2.87. The van der Waals surface area contributed by atoms with Crippen molar-refractivity contribution < 1.29 is 0 Å². The van der Waals surface area contributed by atoms with Crippen molar-refractivity contribution in [3.05, 3.63) is 11.1 Å². The molecule has 0 aromatic carbocycles. The van der Waals surface area contributed by atoms with Crippen molar-refractivity contribution in [2.24, 2.45) is 5.92 Å². The first-order valence-corrected chi connectivity index (χ1v) is 8.04. The van der Waals surface area contributed by atoms with Gasteiger partial charge in [0.2, 0.25) is 0 Å². The third kappa shape index (κ3) is 1.71. The molecule has 1 saturated heterocycles. The molecule has 0 aromatic heterocycles. The summed E-state index contributed by atoms with van der Waals surface area (Å²) in [5.74, 6) is 3.95. The smallest absolute Gasteiger partial charge is 0.152 e. The average molecular weight is 224 g/mol. The zero-order valence-electron chi connectivity index (χ0n) is 9.74. The lowest BCUT2D eigenvalue weighted by molar-refractivity contribution is 0.232. The van der Waals surface area contributed by atoms with Gasteiger partial charge >= 0.3 is 0 Å². The van der Waals surface area contributed by atoms with E-state index in [1.54, 1.807) is 0 Å². The standard InChI is InChI=1S/C13H22NS/c1-14-10-13(15-8-4-5-9-15)11-6-2-3-7-12(11)14/h10-12H,2-9H2,1H3/q+1. The van der Waals surface area contributed by atoms with Crippen LogP contribution in [0.3, 0.4) is 0 Å². The maximum absolute atomic E-state index is 2.53. The van der Waals surface area contributed by atoms with E-state index in [4.69, 9.17) is 0 Å². The van der Waals surface area contributed by atoms with E-state index < -0.39 is 0 Å². The topological polar surface area (TPSA) is 3.24 Å². The maximum atomic E-state index is 2.53. The van der Waals surface area contributed by atoms with Gasteiger partial charge in [-0.1, -0.05) is 12.8 Å². The monoisotopic (exact) mass is 224 g/mol. The van der Waals surface area contributed by atoms with Crippen molar-refractivity contribution in [1.82, 2.24) is 4.90 Å². The maximum Gasteiger partial charge on any atom is 0.152 e. The summed E-state index contributed by atoms with van der Waals surface area (Å²) in [5, 5.41) is 0. The summed E-state index contributed by atoms with van der Waals surface area (Å²) >= 11 is 0. The Morgan fingerprint density at radius 1 is 1.13 bits per heavy atom. The number of rotatable bonds is 1. The second-order valence-corrected chi connectivity index (χ2v) is 7.54. The molecule has 2 heterocycles. The van der Waals surface area contributed by atoms with E-state index in [-0.39, 0.29) is 0 Å². The molecule has 1 saturated carbocycles. The molecule has 0 amide bonds. The molecule has 1 aliphatic carbocycles. The molecule has 0 N–H and O–H groups in total. The van der Waals surface area contributed by atoms with E-state index in [1.165, 1.54) is 50.0 Å². The normalized spacial score (nSPS) is 36.9. The third-order valence-corrected chi connectivity index (χ3v) is 6.95. The van der Waals surface area contributed by atoms with Gasteiger partial charge in [-0.05, 0) is 25.7 Å². The first kappa shape index (κ1) is 10.1. The highest BCUT2D eigenvalue weighted by molar-refractivity contribution is 8.00. The fourth-order valence-electron chi connectivity index (χ4n) is 3.50. The summed E-state index contributed by atoms with van der Waals surface area (Å²) in [5.41, 5.74) is 0. The second kappa shape index (κ2) is 4.04. The Kier molecular flexibility index (Phi) is 2.71. The molecule has 2 aliphatic heterocycles. The van der Waals surface area contributed by atoms with Gasteiger partial charge in [-0.15, -0.1) is 0 Å². The van der Waals surface area contributed by atoms with Crippen molar-refractivity contribution >= 4 is 10.9 Å². The highest BCUT2D eigenvalue weighted by Gasteiger charge is 2.44. The molecule has 2 atom stereocenters. The molecule has 0 aromatic rings. The van der Waals surface area contributed by atoms with Crippen LogP contribution in [0.25, 0.3) is 0 Å². The summed E-state index contributed by atoms with van der Waals surface area (Å²) in [4.78, 5) is 4.39. The molecule has 2 heteroatoms. The first-order chi connectivity index (χ1) is 7.36. The lowest BCUT2D eigenvalue weighted by atomic mass is 9.86. The predicted octanol–water partition coefficient (Wildman–Crippen LogP) is 2.74. The van der Waals surface area contributed by atoms with Crippen molar-refractivity contribution in [3.8, 4) is 0 Å². The van der Waals surface area contributed by atoms with Gasteiger partial charge in [0.25, 0.3) is 0 Å². The van der Waals surface area contributed by atoms with Gasteiger partial charge in [-0.2, -0.15) is 0 Å². The Morgan fingerprint density at radius 2 is 1.87 bits per heavy atom. The minimum Gasteiger partial charge on any atom is -0.373 e. The Bertz CT molecular complexity index is 268. The fourth-order valence-corrected chi connectivity index (χ4v) is 6.30. The fraction of sp³-hybridized carbons (Fsp3) is 0.846. The van der Waals surface area contributed by atoms with Crippen LogP contribution in [0, 0.1) is 5.92 Å². The molecule has 3 aliphatic rings. The molecule has 15 heavy (non-hydrogen) atoms. The van der Waals surface area contributed by atoms with Crippen LogP contribution in [-0.4, -0.2) is 29.5 Å². The van der Waals surface area contributed by atoms with Gasteiger partial charge in [-0.3, -0.25) is 0 Å². The van der Waals surface area contributed by atoms with Crippen molar-refractivity contribution in [3.63, 3.8) is 0 Å². The van der Waals surface area contributed by atoms with Crippen LogP contribution < -0.4 is 0 Å². The minimum atomic E-state index is 0.678.